The monoisotopic (exact) mass is 341 g/mol. The fourth-order valence-corrected chi connectivity index (χ4v) is 2.18. The summed E-state index contributed by atoms with van der Waals surface area (Å²) < 4.78 is 56.6. The molecule has 0 saturated heterocycles. The number of amides is 1. The summed E-state index contributed by atoms with van der Waals surface area (Å²) in [5.41, 5.74) is 0.237. The fourth-order valence-electron chi connectivity index (χ4n) is 1.74. The Hall–Kier alpha value is -2.48. The summed E-state index contributed by atoms with van der Waals surface area (Å²) in [4.78, 5) is 11.6. The SMILES string of the molecule is Cc1ccc(Oc2cc(F)c(C(=O)NS(C)(=O)=O)cc2F)cc1. The van der Waals surface area contributed by atoms with Crippen molar-refractivity contribution >= 4 is 15.9 Å². The summed E-state index contributed by atoms with van der Waals surface area (Å²) in [5, 5.41) is 0. The highest BCUT2D eigenvalue weighted by molar-refractivity contribution is 7.89. The molecule has 0 aliphatic heterocycles. The van der Waals surface area contributed by atoms with Gasteiger partial charge in [-0.3, -0.25) is 4.79 Å². The number of carbonyl (C=O) groups excluding carboxylic acids is 1. The zero-order valence-electron chi connectivity index (χ0n) is 12.3. The van der Waals surface area contributed by atoms with Crippen LogP contribution in [0.1, 0.15) is 15.9 Å². The van der Waals surface area contributed by atoms with Gasteiger partial charge in [-0.25, -0.2) is 21.9 Å². The van der Waals surface area contributed by atoms with Gasteiger partial charge < -0.3 is 4.74 Å². The molecule has 0 fully saturated rings. The van der Waals surface area contributed by atoms with Crippen LogP contribution in [-0.2, 0) is 10.0 Å². The van der Waals surface area contributed by atoms with Crippen LogP contribution in [0.2, 0.25) is 0 Å². The molecule has 0 bridgehead atoms. The third-order valence-electron chi connectivity index (χ3n) is 2.79. The largest absolute Gasteiger partial charge is 0.454 e. The third-order valence-corrected chi connectivity index (χ3v) is 3.35. The lowest BCUT2D eigenvalue weighted by molar-refractivity contribution is 0.0977. The Bertz CT molecular complexity index is 849. The Kier molecular flexibility index (Phi) is 4.65. The van der Waals surface area contributed by atoms with Crippen LogP contribution < -0.4 is 9.46 Å². The second-order valence-corrected chi connectivity index (χ2v) is 6.63. The highest BCUT2D eigenvalue weighted by Gasteiger charge is 2.19. The van der Waals surface area contributed by atoms with Crippen molar-refractivity contribution in [2.45, 2.75) is 6.92 Å². The van der Waals surface area contributed by atoms with Crippen molar-refractivity contribution in [1.82, 2.24) is 4.72 Å². The molecular weight excluding hydrogens is 328 g/mol. The highest BCUT2D eigenvalue weighted by Crippen LogP contribution is 2.27. The molecule has 23 heavy (non-hydrogen) atoms. The van der Waals surface area contributed by atoms with Crippen molar-refractivity contribution in [3.05, 3.63) is 59.2 Å². The van der Waals surface area contributed by atoms with E-state index < -0.39 is 38.9 Å². The number of nitrogens with one attached hydrogen (secondary N) is 1. The summed E-state index contributed by atoms with van der Waals surface area (Å²) in [7, 11) is -3.88. The van der Waals surface area contributed by atoms with E-state index in [0.717, 1.165) is 11.8 Å². The predicted octanol–water partition coefficient (Wildman–Crippen LogP) is 2.75. The Balaban J connectivity index is 2.30. The molecule has 1 amide bonds. The first-order chi connectivity index (χ1) is 10.7. The molecule has 0 saturated carbocycles. The van der Waals surface area contributed by atoms with Gasteiger partial charge >= 0.3 is 0 Å². The topological polar surface area (TPSA) is 72.5 Å². The van der Waals surface area contributed by atoms with Crippen molar-refractivity contribution in [1.29, 1.82) is 0 Å². The molecular formula is C15H13F2NO4S. The Morgan fingerprint density at radius 3 is 2.26 bits per heavy atom. The van der Waals surface area contributed by atoms with Crippen LogP contribution in [0.25, 0.3) is 0 Å². The first kappa shape index (κ1) is 16.9. The van der Waals surface area contributed by atoms with Crippen molar-refractivity contribution in [3.8, 4) is 11.5 Å². The number of aryl methyl sites for hydroxylation is 1. The van der Waals surface area contributed by atoms with Crippen molar-refractivity contribution in [3.63, 3.8) is 0 Å². The summed E-state index contributed by atoms with van der Waals surface area (Å²) >= 11 is 0. The minimum Gasteiger partial charge on any atom is -0.454 e. The lowest BCUT2D eigenvalue weighted by Gasteiger charge is -2.10. The van der Waals surface area contributed by atoms with Crippen LogP contribution >= 0.6 is 0 Å². The quantitative estimate of drug-likeness (QED) is 0.928. The zero-order valence-corrected chi connectivity index (χ0v) is 13.1. The molecule has 0 aliphatic carbocycles. The van der Waals surface area contributed by atoms with E-state index in [9.17, 15) is 22.0 Å². The van der Waals surface area contributed by atoms with Gasteiger partial charge in [0.05, 0.1) is 11.8 Å². The Morgan fingerprint density at radius 2 is 1.70 bits per heavy atom. The van der Waals surface area contributed by atoms with Crippen LogP contribution in [0.3, 0.4) is 0 Å². The molecule has 0 atom stereocenters. The molecule has 0 spiro atoms. The van der Waals surface area contributed by atoms with Crippen LogP contribution in [0.4, 0.5) is 8.78 Å². The van der Waals surface area contributed by atoms with Gasteiger partial charge in [0.2, 0.25) is 10.0 Å². The van der Waals surface area contributed by atoms with E-state index in [1.54, 1.807) is 29.0 Å². The number of hydrogen-bond acceptors (Lipinski definition) is 4. The summed E-state index contributed by atoms with van der Waals surface area (Å²) in [6.45, 7) is 1.86. The number of benzene rings is 2. The number of halogens is 2. The van der Waals surface area contributed by atoms with E-state index in [4.69, 9.17) is 4.74 Å². The van der Waals surface area contributed by atoms with Gasteiger partial charge in [-0.05, 0) is 25.1 Å². The van der Waals surface area contributed by atoms with Gasteiger partial charge in [0, 0.05) is 6.07 Å². The van der Waals surface area contributed by atoms with Crippen LogP contribution in [0.15, 0.2) is 36.4 Å². The van der Waals surface area contributed by atoms with E-state index in [-0.39, 0.29) is 0 Å². The average molecular weight is 341 g/mol. The van der Waals surface area contributed by atoms with Crippen LogP contribution in [-0.4, -0.2) is 20.6 Å². The Labute approximate surface area is 132 Å². The molecule has 8 heteroatoms. The fraction of sp³-hybridized carbons (Fsp3) is 0.133. The van der Waals surface area contributed by atoms with Crippen molar-refractivity contribution in [2.75, 3.05) is 6.26 Å². The molecule has 2 aromatic carbocycles. The predicted molar refractivity (Wildman–Crippen MR) is 79.9 cm³/mol. The lowest BCUT2D eigenvalue weighted by Crippen LogP contribution is -2.30. The maximum absolute atomic E-state index is 14.0. The summed E-state index contributed by atoms with van der Waals surface area (Å²) in [6.07, 6.45) is 0.730. The van der Waals surface area contributed by atoms with Crippen molar-refractivity contribution in [2.24, 2.45) is 0 Å². The van der Waals surface area contributed by atoms with E-state index in [0.29, 0.717) is 17.9 Å². The van der Waals surface area contributed by atoms with Gasteiger partial charge in [0.25, 0.3) is 5.91 Å². The average Bonchev–Trinajstić information content (AvgIpc) is 2.43. The minimum absolute atomic E-state index is 0.294. The first-order valence-corrected chi connectivity index (χ1v) is 8.30. The second kappa shape index (κ2) is 6.33. The van der Waals surface area contributed by atoms with E-state index in [2.05, 4.69) is 0 Å². The van der Waals surface area contributed by atoms with E-state index in [1.807, 2.05) is 6.92 Å². The molecule has 0 aromatic heterocycles. The standard InChI is InChI=1S/C15H13F2NO4S/c1-9-3-5-10(6-4-9)22-14-8-12(16)11(7-13(14)17)15(19)18-23(2,20)21/h3-8H,1-2H3,(H,18,19). The molecule has 5 nitrogen and oxygen atoms in total. The van der Waals surface area contributed by atoms with E-state index >= 15 is 0 Å². The number of sulfonamides is 1. The summed E-state index contributed by atoms with van der Waals surface area (Å²) in [5.74, 6) is -3.48. The Morgan fingerprint density at radius 1 is 1.09 bits per heavy atom. The maximum atomic E-state index is 14.0. The normalized spacial score (nSPS) is 11.1. The molecule has 0 unspecified atom stereocenters. The first-order valence-electron chi connectivity index (χ1n) is 6.41. The third kappa shape index (κ3) is 4.49. The maximum Gasteiger partial charge on any atom is 0.267 e. The lowest BCUT2D eigenvalue weighted by atomic mass is 10.2. The van der Waals surface area contributed by atoms with Gasteiger partial charge in [-0.15, -0.1) is 0 Å². The smallest absolute Gasteiger partial charge is 0.267 e. The van der Waals surface area contributed by atoms with Crippen LogP contribution in [0, 0.1) is 18.6 Å². The van der Waals surface area contributed by atoms with Gasteiger partial charge in [-0.1, -0.05) is 17.7 Å². The number of carbonyl (C=O) groups is 1. The minimum atomic E-state index is -3.88. The molecule has 0 heterocycles. The number of rotatable bonds is 4. The van der Waals surface area contributed by atoms with E-state index in [1.165, 1.54) is 0 Å². The highest BCUT2D eigenvalue weighted by atomic mass is 32.2. The van der Waals surface area contributed by atoms with Gasteiger partial charge in [-0.2, -0.15) is 0 Å². The van der Waals surface area contributed by atoms with Crippen LogP contribution in [0.5, 0.6) is 11.5 Å². The molecule has 1 N–H and O–H groups in total. The number of hydrogen-bond donors (Lipinski definition) is 1. The van der Waals surface area contributed by atoms with Gasteiger partial charge in [0.1, 0.15) is 11.6 Å². The summed E-state index contributed by atoms with van der Waals surface area (Å²) in [6, 6.07) is 7.90. The number of ether oxygens (including phenoxy) is 1. The van der Waals surface area contributed by atoms with Crippen molar-refractivity contribution < 1.29 is 26.7 Å². The second-order valence-electron chi connectivity index (χ2n) is 4.88. The molecule has 0 radical (unpaired) electrons. The molecule has 0 aliphatic rings. The zero-order chi connectivity index (χ0) is 17.2. The molecule has 2 aromatic rings. The molecule has 2 rings (SSSR count). The molecule has 122 valence electrons. The van der Waals surface area contributed by atoms with Gasteiger partial charge in [0.15, 0.2) is 11.6 Å².